The van der Waals surface area contributed by atoms with Crippen LogP contribution in [0.3, 0.4) is 0 Å². The molecule has 1 saturated carbocycles. The highest BCUT2D eigenvalue weighted by atomic mass is 16.5. The molecule has 1 aliphatic rings. The molecule has 0 radical (unpaired) electrons. The first-order valence-corrected chi connectivity index (χ1v) is 7.47. The molecule has 5 heteroatoms. The quantitative estimate of drug-likeness (QED) is 0.839. The second kappa shape index (κ2) is 6.91. The van der Waals surface area contributed by atoms with Crippen LogP contribution in [0.15, 0.2) is 24.3 Å². The number of amides is 1. The summed E-state index contributed by atoms with van der Waals surface area (Å²) >= 11 is 0. The average molecular weight is 291 g/mol. The Labute approximate surface area is 126 Å². The van der Waals surface area contributed by atoms with Crippen LogP contribution in [0.5, 0.6) is 5.75 Å². The van der Waals surface area contributed by atoms with E-state index in [1.807, 2.05) is 38.4 Å². The molecule has 1 aliphatic carbocycles. The summed E-state index contributed by atoms with van der Waals surface area (Å²) in [5.74, 6) is 0.722. The fourth-order valence-electron chi connectivity index (χ4n) is 2.47. The van der Waals surface area contributed by atoms with Crippen LogP contribution >= 0.6 is 0 Å². The van der Waals surface area contributed by atoms with Crippen LogP contribution in [0.25, 0.3) is 0 Å². The summed E-state index contributed by atoms with van der Waals surface area (Å²) < 4.78 is 5.62. The minimum absolute atomic E-state index is 0.0822. The van der Waals surface area contributed by atoms with Crippen molar-refractivity contribution >= 4 is 11.6 Å². The molecule has 0 spiro atoms. The Morgan fingerprint density at radius 3 is 2.48 bits per heavy atom. The van der Waals surface area contributed by atoms with Crippen molar-refractivity contribution in [3.63, 3.8) is 0 Å². The zero-order valence-electron chi connectivity index (χ0n) is 12.9. The van der Waals surface area contributed by atoms with Crippen LogP contribution in [0.4, 0.5) is 5.69 Å². The van der Waals surface area contributed by atoms with Gasteiger partial charge < -0.3 is 20.7 Å². The molecule has 1 aromatic rings. The number of nitrogens with one attached hydrogen (secondary N) is 1. The van der Waals surface area contributed by atoms with Crippen molar-refractivity contribution in [3.05, 3.63) is 24.3 Å². The third kappa shape index (κ3) is 4.44. The van der Waals surface area contributed by atoms with E-state index in [9.17, 15) is 4.79 Å². The minimum atomic E-state index is -0.694. The predicted octanol–water partition coefficient (Wildman–Crippen LogP) is 1.84. The zero-order chi connectivity index (χ0) is 15.3. The number of anilines is 1. The second-order valence-corrected chi connectivity index (χ2v) is 5.99. The van der Waals surface area contributed by atoms with E-state index < -0.39 is 5.54 Å². The summed E-state index contributed by atoms with van der Waals surface area (Å²) in [4.78, 5) is 14.3. The molecular formula is C16H25N3O2. The minimum Gasteiger partial charge on any atom is -0.492 e. The van der Waals surface area contributed by atoms with Crippen molar-refractivity contribution in [2.75, 3.05) is 32.6 Å². The molecule has 0 saturated heterocycles. The monoisotopic (exact) mass is 291 g/mol. The largest absolute Gasteiger partial charge is 0.492 e. The molecule has 3 N–H and O–H groups in total. The molecule has 0 aliphatic heterocycles. The average Bonchev–Trinajstić information content (AvgIpc) is 2.89. The molecule has 0 bridgehead atoms. The van der Waals surface area contributed by atoms with Gasteiger partial charge >= 0.3 is 0 Å². The van der Waals surface area contributed by atoms with E-state index in [2.05, 4.69) is 10.2 Å². The number of benzene rings is 1. The molecule has 0 heterocycles. The lowest BCUT2D eigenvalue weighted by Crippen LogP contribution is -2.48. The van der Waals surface area contributed by atoms with Crippen LogP contribution < -0.4 is 15.8 Å². The van der Waals surface area contributed by atoms with Crippen molar-refractivity contribution in [2.24, 2.45) is 5.73 Å². The zero-order valence-corrected chi connectivity index (χ0v) is 12.9. The highest BCUT2D eigenvalue weighted by Crippen LogP contribution is 2.28. The van der Waals surface area contributed by atoms with Crippen LogP contribution in [0, 0.1) is 0 Å². The molecule has 1 fully saturated rings. The normalized spacial score (nSPS) is 17.0. The van der Waals surface area contributed by atoms with Crippen LogP contribution in [0.2, 0.25) is 0 Å². The van der Waals surface area contributed by atoms with Crippen molar-refractivity contribution < 1.29 is 9.53 Å². The second-order valence-electron chi connectivity index (χ2n) is 5.99. The van der Waals surface area contributed by atoms with Crippen LogP contribution in [-0.2, 0) is 4.79 Å². The van der Waals surface area contributed by atoms with Gasteiger partial charge in [-0.25, -0.2) is 0 Å². The Morgan fingerprint density at radius 1 is 1.29 bits per heavy atom. The maximum absolute atomic E-state index is 12.2. The number of carbonyl (C=O) groups is 1. The molecule has 2 rings (SSSR count). The maximum atomic E-state index is 12.2. The summed E-state index contributed by atoms with van der Waals surface area (Å²) in [5, 5.41) is 2.90. The highest BCUT2D eigenvalue weighted by Gasteiger charge is 2.36. The van der Waals surface area contributed by atoms with Gasteiger partial charge in [-0.15, -0.1) is 0 Å². The van der Waals surface area contributed by atoms with Gasteiger partial charge in [0.1, 0.15) is 12.4 Å². The summed E-state index contributed by atoms with van der Waals surface area (Å²) in [6, 6.07) is 7.43. The third-order valence-electron chi connectivity index (χ3n) is 3.87. The van der Waals surface area contributed by atoms with Crippen molar-refractivity contribution in [1.82, 2.24) is 4.90 Å². The van der Waals surface area contributed by atoms with Gasteiger partial charge in [-0.05, 0) is 51.2 Å². The van der Waals surface area contributed by atoms with E-state index in [1.165, 1.54) is 0 Å². The Hall–Kier alpha value is -1.59. The van der Waals surface area contributed by atoms with Crippen LogP contribution in [0.1, 0.15) is 25.7 Å². The topological polar surface area (TPSA) is 67.6 Å². The number of carbonyl (C=O) groups excluding carboxylic acids is 1. The summed E-state index contributed by atoms with van der Waals surface area (Å²) in [5.41, 5.74) is 6.20. The van der Waals surface area contributed by atoms with E-state index in [1.54, 1.807) is 0 Å². The van der Waals surface area contributed by atoms with E-state index in [0.717, 1.165) is 43.7 Å². The number of hydrogen-bond acceptors (Lipinski definition) is 4. The lowest BCUT2D eigenvalue weighted by Gasteiger charge is -2.22. The van der Waals surface area contributed by atoms with E-state index in [-0.39, 0.29) is 5.91 Å². The number of rotatable bonds is 6. The molecule has 5 nitrogen and oxygen atoms in total. The van der Waals surface area contributed by atoms with E-state index >= 15 is 0 Å². The molecule has 0 unspecified atom stereocenters. The molecule has 0 atom stereocenters. The first-order chi connectivity index (χ1) is 9.99. The van der Waals surface area contributed by atoms with E-state index in [4.69, 9.17) is 10.5 Å². The van der Waals surface area contributed by atoms with Gasteiger partial charge in [-0.3, -0.25) is 4.79 Å². The van der Waals surface area contributed by atoms with Crippen molar-refractivity contribution in [3.8, 4) is 5.75 Å². The fourth-order valence-corrected chi connectivity index (χ4v) is 2.47. The Balaban J connectivity index is 1.86. The first-order valence-electron chi connectivity index (χ1n) is 7.47. The Bertz CT molecular complexity index is 465. The Kier molecular flexibility index (Phi) is 5.20. The van der Waals surface area contributed by atoms with Gasteiger partial charge in [0.15, 0.2) is 0 Å². The van der Waals surface area contributed by atoms with Gasteiger partial charge in [-0.2, -0.15) is 0 Å². The van der Waals surface area contributed by atoms with E-state index in [0.29, 0.717) is 6.61 Å². The summed E-state index contributed by atoms with van der Waals surface area (Å²) in [6.07, 6.45) is 3.60. The number of ether oxygens (including phenoxy) is 1. The third-order valence-corrected chi connectivity index (χ3v) is 3.87. The SMILES string of the molecule is CN(C)CCOc1ccc(NC(=O)C2(N)CCCC2)cc1. The molecule has 116 valence electrons. The molecule has 21 heavy (non-hydrogen) atoms. The molecule has 1 aromatic carbocycles. The van der Waals surface area contributed by atoms with Crippen molar-refractivity contribution in [1.29, 1.82) is 0 Å². The lowest BCUT2D eigenvalue weighted by atomic mass is 9.98. The Morgan fingerprint density at radius 2 is 1.90 bits per heavy atom. The maximum Gasteiger partial charge on any atom is 0.244 e. The van der Waals surface area contributed by atoms with Gasteiger partial charge in [0.2, 0.25) is 5.91 Å². The lowest BCUT2D eigenvalue weighted by molar-refractivity contribution is -0.121. The number of likely N-dealkylation sites (N-methyl/N-ethyl adjacent to an activating group) is 1. The molecular weight excluding hydrogens is 266 g/mol. The van der Waals surface area contributed by atoms with Crippen molar-refractivity contribution in [2.45, 2.75) is 31.2 Å². The van der Waals surface area contributed by atoms with Gasteiger partial charge in [0.05, 0.1) is 5.54 Å². The summed E-state index contributed by atoms with van der Waals surface area (Å²) in [6.45, 7) is 1.51. The fraction of sp³-hybridized carbons (Fsp3) is 0.562. The van der Waals surface area contributed by atoms with Gasteiger partial charge in [0.25, 0.3) is 0 Å². The summed E-state index contributed by atoms with van der Waals surface area (Å²) in [7, 11) is 4.02. The van der Waals surface area contributed by atoms with Crippen LogP contribution in [-0.4, -0.2) is 43.6 Å². The first kappa shape index (κ1) is 15.8. The molecule has 0 aromatic heterocycles. The van der Waals surface area contributed by atoms with Gasteiger partial charge in [-0.1, -0.05) is 12.8 Å². The smallest absolute Gasteiger partial charge is 0.244 e. The van der Waals surface area contributed by atoms with Gasteiger partial charge in [0, 0.05) is 12.2 Å². The highest BCUT2D eigenvalue weighted by molar-refractivity contribution is 5.98. The predicted molar refractivity (Wildman–Crippen MR) is 84.5 cm³/mol. The number of nitrogens with zero attached hydrogens (tertiary/aromatic N) is 1. The number of hydrogen-bond donors (Lipinski definition) is 2. The molecule has 1 amide bonds. The standard InChI is InChI=1S/C16H25N3O2/c1-19(2)11-12-21-14-7-5-13(6-8-14)18-15(20)16(17)9-3-4-10-16/h5-8H,3-4,9-12,17H2,1-2H3,(H,18,20). The number of nitrogens with two attached hydrogens (primary N) is 1.